The van der Waals surface area contributed by atoms with Crippen LogP contribution in [0.4, 0.5) is 11.4 Å². The third-order valence-corrected chi connectivity index (χ3v) is 4.91. The summed E-state index contributed by atoms with van der Waals surface area (Å²) in [6.07, 6.45) is 13.0. The van der Waals surface area contributed by atoms with E-state index in [-0.39, 0.29) is 0 Å². The van der Waals surface area contributed by atoms with Crippen LogP contribution < -0.4 is 5.32 Å². The van der Waals surface area contributed by atoms with E-state index in [4.69, 9.17) is 0 Å². The first-order valence-corrected chi connectivity index (χ1v) is 10.3. The molecule has 1 N–H and O–H groups in total. The van der Waals surface area contributed by atoms with E-state index in [2.05, 4.69) is 67.7 Å². The zero-order valence-electron chi connectivity index (χ0n) is 16.2. The normalized spacial score (nSPS) is 10.8. The summed E-state index contributed by atoms with van der Waals surface area (Å²) >= 11 is 0. The topological polar surface area (TPSA) is 12.0 Å². The van der Waals surface area contributed by atoms with Gasteiger partial charge in [-0.05, 0) is 55.0 Å². The highest BCUT2D eigenvalue weighted by Gasteiger charge is 2.09. The van der Waals surface area contributed by atoms with Crippen molar-refractivity contribution >= 4 is 11.4 Å². The van der Waals surface area contributed by atoms with Crippen molar-refractivity contribution < 1.29 is 0 Å². The highest BCUT2D eigenvalue weighted by atomic mass is 14.9. The first-order valence-electron chi connectivity index (χ1n) is 10.3. The minimum Gasteiger partial charge on any atom is -0.355 e. The lowest BCUT2D eigenvalue weighted by molar-refractivity contribution is 0.651. The van der Waals surface area contributed by atoms with E-state index in [0.717, 1.165) is 0 Å². The lowest BCUT2D eigenvalue weighted by atomic mass is 9.95. The molecule has 2 rings (SSSR count). The third kappa shape index (κ3) is 6.94. The molecule has 0 aliphatic rings. The molecule has 0 spiro atoms. The Morgan fingerprint density at radius 2 is 1.32 bits per heavy atom. The molecule has 0 aromatic heterocycles. The number of aryl methyl sites for hydroxylation is 1. The van der Waals surface area contributed by atoms with Gasteiger partial charge < -0.3 is 5.32 Å². The smallest absolute Gasteiger partial charge is 0.0419 e. The summed E-state index contributed by atoms with van der Waals surface area (Å²) < 4.78 is 0. The summed E-state index contributed by atoms with van der Waals surface area (Å²) in [7, 11) is 0. The van der Waals surface area contributed by atoms with Crippen molar-refractivity contribution in [3.8, 4) is 0 Å². The van der Waals surface area contributed by atoms with Gasteiger partial charge >= 0.3 is 0 Å². The van der Waals surface area contributed by atoms with Crippen LogP contribution in [0.15, 0.2) is 48.5 Å². The summed E-state index contributed by atoms with van der Waals surface area (Å²) in [5.74, 6) is 0. The van der Waals surface area contributed by atoms with Crippen molar-refractivity contribution in [2.45, 2.75) is 78.1 Å². The molecule has 0 heterocycles. The van der Waals surface area contributed by atoms with E-state index >= 15 is 0 Å². The first kappa shape index (κ1) is 19.6. The fourth-order valence-corrected chi connectivity index (χ4v) is 3.43. The van der Waals surface area contributed by atoms with Gasteiger partial charge in [0.1, 0.15) is 0 Å². The predicted octanol–water partition coefficient (Wildman–Crippen LogP) is 7.68. The van der Waals surface area contributed by atoms with E-state index in [1.165, 1.54) is 75.6 Å². The summed E-state index contributed by atoms with van der Waals surface area (Å²) in [6, 6.07) is 17.4. The Kier molecular flexibility index (Phi) is 9.18. The van der Waals surface area contributed by atoms with Gasteiger partial charge in [0.05, 0.1) is 0 Å². The number of rotatable bonds is 12. The van der Waals surface area contributed by atoms with E-state index < -0.39 is 0 Å². The maximum absolute atomic E-state index is 3.66. The van der Waals surface area contributed by atoms with Crippen molar-refractivity contribution in [3.05, 3.63) is 59.7 Å². The van der Waals surface area contributed by atoms with E-state index in [9.17, 15) is 0 Å². The largest absolute Gasteiger partial charge is 0.355 e. The molecular weight excluding hydrogens is 302 g/mol. The summed E-state index contributed by atoms with van der Waals surface area (Å²) in [5.41, 5.74) is 5.57. The van der Waals surface area contributed by atoms with Gasteiger partial charge in [0.2, 0.25) is 0 Å². The van der Waals surface area contributed by atoms with Gasteiger partial charge in [-0.15, -0.1) is 0 Å². The molecule has 1 heteroatoms. The molecule has 0 fully saturated rings. The number of unbranched alkanes of at least 4 members (excludes halogenated alkanes) is 6. The van der Waals surface area contributed by atoms with E-state index in [1.54, 1.807) is 11.1 Å². The lowest BCUT2D eigenvalue weighted by Crippen LogP contribution is -2.02. The molecule has 25 heavy (non-hydrogen) atoms. The number of para-hydroxylation sites is 1. The average Bonchev–Trinajstić information content (AvgIpc) is 2.64. The second-order valence-corrected chi connectivity index (χ2v) is 7.06. The maximum Gasteiger partial charge on any atom is 0.0419 e. The SMILES string of the molecule is CCCCCCc1cccc(Nc2ccccc2)c1CCCCCC. The van der Waals surface area contributed by atoms with Crippen LogP contribution in [0.25, 0.3) is 0 Å². The molecule has 136 valence electrons. The van der Waals surface area contributed by atoms with Crippen LogP contribution in [0.2, 0.25) is 0 Å². The Hall–Kier alpha value is -1.76. The average molecular weight is 338 g/mol. The molecule has 0 aliphatic carbocycles. The highest BCUT2D eigenvalue weighted by Crippen LogP contribution is 2.27. The Balaban J connectivity index is 2.11. The number of benzene rings is 2. The molecule has 2 aromatic rings. The zero-order chi connectivity index (χ0) is 17.7. The quantitative estimate of drug-likeness (QED) is 0.392. The van der Waals surface area contributed by atoms with Gasteiger partial charge in [-0.3, -0.25) is 0 Å². The Labute approximate surface area is 154 Å². The second kappa shape index (κ2) is 11.7. The van der Waals surface area contributed by atoms with Crippen molar-refractivity contribution in [2.24, 2.45) is 0 Å². The van der Waals surface area contributed by atoms with Crippen LogP contribution >= 0.6 is 0 Å². The predicted molar refractivity (Wildman–Crippen MR) is 112 cm³/mol. The van der Waals surface area contributed by atoms with Gasteiger partial charge in [-0.2, -0.15) is 0 Å². The molecule has 0 saturated carbocycles. The highest BCUT2D eigenvalue weighted by molar-refractivity contribution is 5.64. The molecular formula is C24H35N. The molecule has 1 nitrogen and oxygen atoms in total. The second-order valence-electron chi connectivity index (χ2n) is 7.06. The fourth-order valence-electron chi connectivity index (χ4n) is 3.43. The number of nitrogens with one attached hydrogen (secondary N) is 1. The van der Waals surface area contributed by atoms with Gasteiger partial charge in [0, 0.05) is 11.4 Å². The van der Waals surface area contributed by atoms with E-state index in [0.29, 0.717) is 0 Å². The molecule has 0 unspecified atom stereocenters. The van der Waals surface area contributed by atoms with Crippen LogP contribution in [0.1, 0.15) is 76.3 Å². The molecule has 0 amide bonds. The van der Waals surface area contributed by atoms with Crippen LogP contribution in [0, 0.1) is 0 Å². The first-order chi connectivity index (χ1) is 12.3. The van der Waals surface area contributed by atoms with Crippen LogP contribution in [0.3, 0.4) is 0 Å². The van der Waals surface area contributed by atoms with E-state index in [1.807, 2.05) is 0 Å². The molecule has 0 radical (unpaired) electrons. The molecule has 0 atom stereocenters. The fraction of sp³-hybridized carbons (Fsp3) is 0.500. The molecule has 2 aromatic carbocycles. The van der Waals surface area contributed by atoms with Crippen molar-refractivity contribution in [2.75, 3.05) is 5.32 Å². The Bertz CT molecular complexity index is 588. The number of anilines is 2. The van der Waals surface area contributed by atoms with Crippen LogP contribution in [0.5, 0.6) is 0 Å². The minimum atomic E-state index is 1.18. The lowest BCUT2D eigenvalue weighted by Gasteiger charge is -2.17. The van der Waals surface area contributed by atoms with Crippen molar-refractivity contribution in [3.63, 3.8) is 0 Å². The van der Waals surface area contributed by atoms with Crippen molar-refractivity contribution in [1.82, 2.24) is 0 Å². The van der Waals surface area contributed by atoms with Crippen LogP contribution in [-0.2, 0) is 12.8 Å². The van der Waals surface area contributed by atoms with Gasteiger partial charge in [-0.1, -0.05) is 82.7 Å². The van der Waals surface area contributed by atoms with Gasteiger partial charge in [0.25, 0.3) is 0 Å². The summed E-state index contributed by atoms with van der Waals surface area (Å²) in [6.45, 7) is 4.56. The third-order valence-electron chi connectivity index (χ3n) is 4.91. The summed E-state index contributed by atoms with van der Waals surface area (Å²) in [5, 5.41) is 3.66. The maximum atomic E-state index is 3.66. The van der Waals surface area contributed by atoms with Gasteiger partial charge in [-0.25, -0.2) is 0 Å². The van der Waals surface area contributed by atoms with Crippen molar-refractivity contribution in [1.29, 1.82) is 0 Å². The monoisotopic (exact) mass is 337 g/mol. The molecule has 0 bridgehead atoms. The Morgan fingerprint density at radius 1 is 0.640 bits per heavy atom. The van der Waals surface area contributed by atoms with Crippen LogP contribution in [-0.4, -0.2) is 0 Å². The number of hydrogen-bond donors (Lipinski definition) is 1. The Morgan fingerprint density at radius 3 is 2.00 bits per heavy atom. The number of hydrogen-bond acceptors (Lipinski definition) is 1. The van der Waals surface area contributed by atoms with Gasteiger partial charge in [0.15, 0.2) is 0 Å². The zero-order valence-corrected chi connectivity index (χ0v) is 16.2. The molecule has 0 aliphatic heterocycles. The standard InChI is InChI=1S/C24H35N/c1-3-5-7-10-15-21-16-14-20-24(23(21)19-13-8-6-4-2)25-22-17-11-9-12-18-22/h9,11-12,14,16-18,20,25H,3-8,10,13,15,19H2,1-2H3. The molecule has 0 saturated heterocycles. The summed E-state index contributed by atoms with van der Waals surface area (Å²) in [4.78, 5) is 0. The minimum absolute atomic E-state index is 1.18.